The molecule has 0 radical (unpaired) electrons. The summed E-state index contributed by atoms with van der Waals surface area (Å²) in [6, 6.07) is 4.65. The molecule has 1 N–H and O–H groups in total. The first kappa shape index (κ1) is 24.4. The Balaban J connectivity index is 0.00000289. The molecule has 0 saturated carbocycles. The zero-order chi connectivity index (χ0) is 22.3. The fourth-order valence-corrected chi connectivity index (χ4v) is 5.78. The first-order valence-electron chi connectivity index (χ1n) is 10.4. The summed E-state index contributed by atoms with van der Waals surface area (Å²) < 4.78 is 31.6. The van der Waals surface area contributed by atoms with E-state index in [-0.39, 0.29) is 35.8 Å². The van der Waals surface area contributed by atoms with Gasteiger partial charge in [-0.05, 0) is 37.8 Å². The van der Waals surface area contributed by atoms with E-state index in [0.717, 1.165) is 49.0 Å². The lowest BCUT2D eigenvalue weighted by Crippen LogP contribution is -2.49. The van der Waals surface area contributed by atoms with Crippen molar-refractivity contribution in [3.05, 3.63) is 28.7 Å². The van der Waals surface area contributed by atoms with Crippen molar-refractivity contribution in [1.29, 1.82) is 0 Å². The molecule has 0 unspecified atom stereocenters. The van der Waals surface area contributed by atoms with Gasteiger partial charge >= 0.3 is 11.8 Å². The maximum atomic E-state index is 13.1. The van der Waals surface area contributed by atoms with Crippen LogP contribution >= 0.6 is 12.4 Å². The van der Waals surface area contributed by atoms with Crippen LogP contribution in [0, 0.1) is 0 Å². The molecule has 12 heteroatoms. The van der Waals surface area contributed by atoms with Crippen LogP contribution in [0.2, 0.25) is 0 Å². The molecule has 2 aliphatic rings. The Bertz CT molecular complexity index is 1140. The number of hydrogen-bond donors (Lipinski definition) is 1. The van der Waals surface area contributed by atoms with Crippen molar-refractivity contribution < 1.29 is 23.1 Å². The van der Waals surface area contributed by atoms with Crippen molar-refractivity contribution >= 4 is 39.6 Å². The molecule has 1 amide bonds. The monoisotopic (exact) mass is 488 g/mol. The molecule has 4 rings (SSSR count). The van der Waals surface area contributed by atoms with Crippen molar-refractivity contribution in [2.45, 2.75) is 37.8 Å². The number of piperidine rings is 2. The van der Waals surface area contributed by atoms with Gasteiger partial charge in [-0.3, -0.25) is 4.57 Å². The highest BCUT2D eigenvalue weighted by Crippen LogP contribution is 2.30. The van der Waals surface area contributed by atoms with E-state index in [1.54, 1.807) is 15.5 Å². The second-order valence-electron chi connectivity index (χ2n) is 8.31. The molecule has 0 bridgehead atoms. The highest BCUT2D eigenvalue weighted by atomic mass is 35.5. The predicted octanol–water partition coefficient (Wildman–Crippen LogP) is 1.61. The molecule has 0 atom stereocenters. The summed E-state index contributed by atoms with van der Waals surface area (Å²) in [5.41, 5.74) is 0.121. The fourth-order valence-electron chi connectivity index (χ4n) is 4.91. The van der Waals surface area contributed by atoms with Crippen LogP contribution < -0.4 is 5.69 Å². The molecule has 32 heavy (non-hydrogen) atoms. The van der Waals surface area contributed by atoms with E-state index >= 15 is 0 Å². The molecule has 1 aromatic heterocycles. The van der Waals surface area contributed by atoms with Crippen LogP contribution in [0.1, 0.15) is 31.7 Å². The summed E-state index contributed by atoms with van der Waals surface area (Å²) in [5.74, 6) is -0.0878. The summed E-state index contributed by atoms with van der Waals surface area (Å²) in [5, 5.41) is 9.82. The number of fused-ring (bicyclic) bond motifs is 1. The van der Waals surface area contributed by atoms with Crippen molar-refractivity contribution in [2.24, 2.45) is 0 Å². The molecule has 2 fully saturated rings. The van der Waals surface area contributed by atoms with Gasteiger partial charge in [0, 0.05) is 44.3 Å². The van der Waals surface area contributed by atoms with Crippen LogP contribution in [-0.2, 0) is 14.8 Å². The Labute approximate surface area is 192 Å². The zero-order valence-electron chi connectivity index (χ0n) is 18.1. The summed E-state index contributed by atoms with van der Waals surface area (Å²) in [6.07, 6.45) is 3.91. The van der Waals surface area contributed by atoms with E-state index in [1.807, 2.05) is 0 Å². The Hall–Kier alpha value is -2.24. The maximum Gasteiger partial charge on any atom is 0.409 e. The van der Waals surface area contributed by atoms with Gasteiger partial charge in [0.2, 0.25) is 10.0 Å². The zero-order valence-corrected chi connectivity index (χ0v) is 19.8. The second kappa shape index (κ2) is 9.32. The van der Waals surface area contributed by atoms with Gasteiger partial charge in [-0.15, -0.1) is 12.4 Å². The Morgan fingerprint density at radius 1 is 1.03 bits per heavy atom. The third kappa shape index (κ3) is 4.46. The average molecular weight is 489 g/mol. The maximum absolute atomic E-state index is 13.1. The molecular weight excluding hydrogens is 460 g/mol. The molecule has 0 aliphatic carbocycles. The number of methoxy groups -OCH3 is 1. The van der Waals surface area contributed by atoms with Gasteiger partial charge in [-0.1, -0.05) is 0 Å². The molecule has 2 aromatic rings. The minimum atomic E-state index is -3.82. The van der Waals surface area contributed by atoms with Gasteiger partial charge in [0.15, 0.2) is 0 Å². The fraction of sp³-hybridized carbons (Fsp3) is 0.600. The van der Waals surface area contributed by atoms with Gasteiger partial charge in [0.25, 0.3) is 0 Å². The highest BCUT2D eigenvalue weighted by molar-refractivity contribution is 7.89. The van der Waals surface area contributed by atoms with E-state index in [4.69, 9.17) is 4.74 Å². The Morgan fingerprint density at radius 3 is 2.19 bits per heavy atom. The van der Waals surface area contributed by atoms with E-state index < -0.39 is 15.7 Å². The Kier molecular flexibility index (Phi) is 7.11. The summed E-state index contributed by atoms with van der Waals surface area (Å²) in [7, 11) is -2.43. The van der Waals surface area contributed by atoms with E-state index in [1.165, 1.54) is 19.2 Å². The predicted molar refractivity (Wildman–Crippen MR) is 122 cm³/mol. The number of halogens is 1. The third-order valence-corrected chi connectivity index (χ3v) is 7.44. The molecule has 2 aliphatic heterocycles. The van der Waals surface area contributed by atoms with Crippen LogP contribution in [0.4, 0.5) is 4.79 Å². The molecule has 178 valence electrons. The van der Waals surface area contributed by atoms with Crippen LogP contribution in [0.3, 0.4) is 0 Å². The van der Waals surface area contributed by atoms with Gasteiger partial charge < -0.3 is 19.6 Å². The number of imidazole rings is 1. The standard InChI is InChI=1S/C20H28N4O6S.ClH/c1-30-20(27)22-11-5-14(6-12-22)21-9-7-15(8-10-21)23-17-4-3-16(25)13-18(17)24(19(23)26)31(2,28)29;/h3-4,13-15,25H,5-12H2,1-2H3;1H. The van der Waals surface area contributed by atoms with E-state index in [0.29, 0.717) is 24.6 Å². The quantitative estimate of drug-likeness (QED) is 0.698. The van der Waals surface area contributed by atoms with Crippen molar-refractivity contribution in [3.8, 4) is 5.75 Å². The highest BCUT2D eigenvalue weighted by Gasteiger charge is 2.32. The number of carbonyl (C=O) groups excluding carboxylic acids is 1. The summed E-state index contributed by atoms with van der Waals surface area (Å²) >= 11 is 0. The number of benzene rings is 1. The Morgan fingerprint density at radius 2 is 1.62 bits per heavy atom. The van der Waals surface area contributed by atoms with Crippen LogP contribution in [0.25, 0.3) is 11.0 Å². The first-order valence-corrected chi connectivity index (χ1v) is 12.3. The number of carbonyl (C=O) groups is 1. The van der Waals surface area contributed by atoms with Gasteiger partial charge in [-0.25, -0.2) is 18.0 Å². The van der Waals surface area contributed by atoms with Crippen LogP contribution in [0.5, 0.6) is 5.75 Å². The largest absolute Gasteiger partial charge is 0.508 e. The van der Waals surface area contributed by atoms with Crippen molar-refractivity contribution in [3.63, 3.8) is 0 Å². The van der Waals surface area contributed by atoms with Crippen molar-refractivity contribution in [2.75, 3.05) is 39.5 Å². The number of rotatable bonds is 3. The number of phenolic OH excluding ortho intramolecular Hbond substituents is 1. The molecule has 3 heterocycles. The summed E-state index contributed by atoms with van der Waals surface area (Å²) in [6.45, 7) is 2.93. The van der Waals surface area contributed by atoms with Crippen molar-refractivity contribution in [1.82, 2.24) is 18.3 Å². The molecule has 2 saturated heterocycles. The number of nitrogens with zero attached hydrogens (tertiary/aromatic N) is 4. The lowest BCUT2D eigenvalue weighted by atomic mass is 9.97. The van der Waals surface area contributed by atoms with Crippen LogP contribution in [0.15, 0.2) is 23.0 Å². The number of amides is 1. The summed E-state index contributed by atoms with van der Waals surface area (Å²) in [4.78, 5) is 28.9. The normalized spacial score (nSPS) is 19.1. The van der Waals surface area contributed by atoms with Crippen LogP contribution in [-0.4, -0.2) is 83.5 Å². The molecule has 1 aromatic carbocycles. The smallest absolute Gasteiger partial charge is 0.409 e. The number of phenols is 1. The number of likely N-dealkylation sites (tertiary alicyclic amines) is 2. The SMILES string of the molecule is COC(=O)N1CCC(N2CCC(n3c(=O)n(S(C)(=O)=O)c4cc(O)ccc43)CC2)CC1.Cl. The lowest BCUT2D eigenvalue weighted by molar-refractivity contribution is 0.0686. The lowest BCUT2D eigenvalue weighted by Gasteiger charge is -2.41. The van der Waals surface area contributed by atoms with E-state index in [2.05, 4.69) is 4.90 Å². The number of ether oxygens (including phenoxy) is 1. The average Bonchev–Trinajstić information content (AvgIpc) is 3.04. The second-order valence-corrected chi connectivity index (χ2v) is 10.1. The first-order chi connectivity index (χ1) is 14.7. The van der Waals surface area contributed by atoms with Gasteiger partial charge in [-0.2, -0.15) is 3.97 Å². The number of aromatic hydroxyl groups is 1. The molecule has 0 spiro atoms. The van der Waals surface area contributed by atoms with Gasteiger partial charge in [0.05, 0.1) is 24.4 Å². The molecule has 10 nitrogen and oxygen atoms in total. The molecular formula is C20H29ClN4O6S. The third-order valence-electron chi connectivity index (χ3n) is 6.43. The minimum absolute atomic E-state index is 0. The number of aromatic nitrogens is 2. The topological polar surface area (TPSA) is 114 Å². The minimum Gasteiger partial charge on any atom is -0.508 e. The van der Waals surface area contributed by atoms with Gasteiger partial charge in [0.1, 0.15) is 5.75 Å². The van der Waals surface area contributed by atoms with E-state index in [9.17, 15) is 23.1 Å². The number of hydrogen-bond acceptors (Lipinski definition) is 7.